The number of rotatable bonds is 8. The Morgan fingerprint density at radius 3 is 1.94 bits per heavy atom. The van der Waals surface area contributed by atoms with Crippen LogP contribution < -0.4 is 5.32 Å². The second kappa shape index (κ2) is 14.3. The van der Waals surface area contributed by atoms with Crippen LogP contribution in [0.2, 0.25) is 0 Å². The van der Waals surface area contributed by atoms with Crippen LogP contribution in [0.25, 0.3) is 0 Å². The SMILES string of the molecule is CC(C)OC(=O)N=C(NC(=O)OC(C)(C)C)N(CCCCCCCBr)C(=O)OC(C)(C)C. The van der Waals surface area contributed by atoms with Gasteiger partial charge in [0.2, 0.25) is 5.96 Å². The van der Waals surface area contributed by atoms with Crippen molar-refractivity contribution >= 4 is 40.2 Å². The molecule has 0 saturated carbocycles. The van der Waals surface area contributed by atoms with E-state index in [1.54, 1.807) is 55.4 Å². The van der Waals surface area contributed by atoms with E-state index in [0.29, 0.717) is 6.42 Å². The number of halogens is 1. The number of carbonyl (C=O) groups is 3. The minimum atomic E-state index is -0.933. The van der Waals surface area contributed by atoms with Crippen molar-refractivity contribution in [2.75, 3.05) is 11.9 Å². The maximum Gasteiger partial charge on any atom is 0.437 e. The van der Waals surface area contributed by atoms with Crippen LogP contribution in [-0.2, 0) is 14.2 Å². The molecular formula is C22H40BrN3O6. The third-order valence-electron chi connectivity index (χ3n) is 3.53. The van der Waals surface area contributed by atoms with E-state index >= 15 is 0 Å². The molecule has 0 aliphatic heterocycles. The number of hydrogen-bond acceptors (Lipinski definition) is 6. The number of ether oxygens (including phenoxy) is 3. The molecule has 186 valence electrons. The Hall–Kier alpha value is -1.84. The molecule has 0 aliphatic carbocycles. The number of alkyl halides is 1. The summed E-state index contributed by atoms with van der Waals surface area (Å²) >= 11 is 3.41. The number of alkyl carbamates (subject to hydrolysis) is 1. The van der Waals surface area contributed by atoms with Crippen LogP contribution in [0.1, 0.15) is 87.5 Å². The van der Waals surface area contributed by atoms with Gasteiger partial charge in [0, 0.05) is 11.9 Å². The number of unbranched alkanes of at least 4 members (excludes halogenated alkanes) is 4. The third kappa shape index (κ3) is 15.9. The molecule has 0 spiro atoms. The molecule has 0 heterocycles. The smallest absolute Gasteiger partial charge is 0.437 e. The summed E-state index contributed by atoms with van der Waals surface area (Å²) in [7, 11) is 0. The second-order valence-electron chi connectivity index (χ2n) is 9.58. The monoisotopic (exact) mass is 521 g/mol. The molecule has 0 fully saturated rings. The van der Waals surface area contributed by atoms with Crippen LogP contribution in [0.4, 0.5) is 14.4 Å². The quantitative estimate of drug-likeness (QED) is 0.138. The first kappa shape index (κ1) is 30.2. The number of amides is 3. The Balaban J connectivity index is 5.72. The zero-order valence-corrected chi connectivity index (χ0v) is 22.3. The minimum absolute atomic E-state index is 0.201. The van der Waals surface area contributed by atoms with Gasteiger partial charge in [-0.05, 0) is 68.2 Å². The predicted octanol–water partition coefficient (Wildman–Crippen LogP) is 5.99. The van der Waals surface area contributed by atoms with E-state index in [2.05, 4.69) is 26.2 Å². The van der Waals surface area contributed by atoms with E-state index in [-0.39, 0.29) is 12.5 Å². The van der Waals surface area contributed by atoms with Crippen molar-refractivity contribution in [3.05, 3.63) is 0 Å². The van der Waals surface area contributed by atoms with Gasteiger partial charge >= 0.3 is 18.3 Å². The maximum atomic E-state index is 12.9. The average molecular weight is 522 g/mol. The summed E-state index contributed by atoms with van der Waals surface area (Å²) in [4.78, 5) is 42.5. The standard InChI is InChI=1S/C22H40BrN3O6/c1-16(2)30-18(27)24-17(25-19(28)31-21(3,4)5)26(20(29)32-22(6,7)8)15-13-11-9-10-12-14-23/h16H,9-15H2,1-8H3,(H,24,25,27,28). The number of hydrogen-bond donors (Lipinski definition) is 1. The van der Waals surface area contributed by atoms with Gasteiger partial charge in [-0.3, -0.25) is 5.32 Å². The van der Waals surface area contributed by atoms with Crippen LogP contribution >= 0.6 is 15.9 Å². The fourth-order valence-electron chi connectivity index (χ4n) is 2.36. The lowest BCUT2D eigenvalue weighted by Crippen LogP contribution is -2.50. The van der Waals surface area contributed by atoms with Crippen molar-refractivity contribution in [2.24, 2.45) is 4.99 Å². The molecule has 3 amide bonds. The molecule has 0 rings (SSSR count). The molecule has 0 unspecified atom stereocenters. The van der Waals surface area contributed by atoms with Crippen LogP contribution in [0.15, 0.2) is 4.99 Å². The Bertz CT molecular complexity index is 639. The molecule has 0 bridgehead atoms. The van der Waals surface area contributed by atoms with E-state index in [0.717, 1.165) is 35.9 Å². The van der Waals surface area contributed by atoms with Crippen molar-refractivity contribution in [3.63, 3.8) is 0 Å². The Kier molecular flexibility index (Phi) is 13.5. The van der Waals surface area contributed by atoms with Gasteiger partial charge in [0.15, 0.2) is 0 Å². The molecule has 1 N–H and O–H groups in total. The van der Waals surface area contributed by atoms with Gasteiger partial charge in [0.05, 0.1) is 6.10 Å². The molecule has 10 heteroatoms. The normalized spacial score (nSPS) is 12.4. The lowest BCUT2D eigenvalue weighted by molar-refractivity contribution is 0.0356. The summed E-state index contributed by atoms with van der Waals surface area (Å²) < 4.78 is 15.8. The fraction of sp³-hybridized carbons (Fsp3) is 0.818. The van der Waals surface area contributed by atoms with Crippen LogP contribution in [-0.4, -0.2) is 58.3 Å². The van der Waals surface area contributed by atoms with E-state index in [4.69, 9.17) is 14.2 Å². The number of nitrogens with zero attached hydrogens (tertiary/aromatic N) is 2. The first-order chi connectivity index (χ1) is 14.6. The molecule has 0 aromatic rings. The van der Waals surface area contributed by atoms with Crippen molar-refractivity contribution in [1.29, 1.82) is 0 Å². The summed E-state index contributed by atoms with van der Waals surface area (Å²) in [6.45, 7) is 13.9. The van der Waals surface area contributed by atoms with Crippen molar-refractivity contribution in [3.8, 4) is 0 Å². The highest BCUT2D eigenvalue weighted by Gasteiger charge is 2.29. The Labute approximate surface area is 200 Å². The average Bonchev–Trinajstić information content (AvgIpc) is 2.56. The van der Waals surface area contributed by atoms with E-state index in [9.17, 15) is 14.4 Å². The van der Waals surface area contributed by atoms with Crippen molar-refractivity contribution < 1.29 is 28.6 Å². The van der Waals surface area contributed by atoms with Gasteiger partial charge in [-0.1, -0.05) is 35.2 Å². The summed E-state index contributed by atoms with van der Waals surface area (Å²) in [5.74, 6) is -0.292. The fourth-order valence-corrected chi connectivity index (χ4v) is 2.76. The maximum absolute atomic E-state index is 12.9. The summed E-state index contributed by atoms with van der Waals surface area (Å²) in [5, 5.41) is 3.36. The molecule has 32 heavy (non-hydrogen) atoms. The lowest BCUT2D eigenvalue weighted by atomic mass is 10.1. The van der Waals surface area contributed by atoms with Gasteiger partial charge < -0.3 is 14.2 Å². The number of nitrogens with one attached hydrogen (secondary N) is 1. The second-order valence-corrected chi connectivity index (χ2v) is 10.4. The summed E-state index contributed by atoms with van der Waals surface area (Å²) in [6.07, 6.45) is 1.70. The largest absolute Gasteiger partial charge is 0.445 e. The van der Waals surface area contributed by atoms with Gasteiger partial charge in [-0.2, -0.15) is 0 Å². The summed E-state index contributed by atoms with van der Waals surface area (Å²) in [5.41, 5.74) is -1.56. The van der Waals surface area contributed by atoms with E-state index < -0.39 is 35.6 Å². The molecule has 0 aromatic carbocycles. The molecule has 0 atom stereocenters. The topological polar surface area (TPSA) is 107 Å². The molecule has 0 saturated heterocycles. The Morgan fingerprint density at radius 1 is 0.906 bits per heavy atom. The first-order valence-corrected chi connectivity index (χ1v) is 12.1. The molecule has 9 nitrogen and oxygen atoms in total. The third-order valence-corrected chi connectivity index (χ3v) is 4.09. The van der Waals surface area contributed by atoms with E-state index in [1.165, 1.54) is 0 Å². The molecule has 0 radical (unpaired) electrons. The minimum Gasteiger partial charge on any atom is -0.445 e. The van der Waals surface area contributed by atoms with Gasteiger partial charge in [0.1, 0.15) is 11.2 Å². The van der Waals surface area contributed by atoms with Crippen LogP contribution in [0.5, 0.6) is 0 Å². The first-order valence-electron chi connectivity index (χ1n) is 11.0. The van der Waals surface area contributed by atoms with Crippen molar-refractivity contribution in [1.82, 2.24) is 10.2 Å². The highest BCUT2D eigenvalue weighted by Crippen LogP contribution is 2.13. The zero-order valence-electron chi connectivity index (χ0n) is 20.7. The molecule has 0 aromatic heterocycles. The van der Waals surface area contributed by atoms with Gasteiger partial charge in [-0.15, -0.1) is 4.99 Å². The summed E-state index contributed by atoms with van der Waals surface area (Å²) in [6, 6.07) is 0. The van der Waals surface area contributed by atoms with Crippen molar-refractivity contribution in [2.45, 2.75) is 105 Å². The highest BCUT2D eigenvalue weighted by atomic mass is 79.9. The zero-order chi connectivity index (χ0) is 24.9. The lowest BCUT2D eigenvalue weighted by Gasteiger charge is -2.28. The van der Waals surface area contributed by atoms with Crippen LogP contribution in [0.3, 0.4) is 0 Å². The Morgan fingerprint density at radius 2 is 1.44 bits per heavy atom. The van der Waals surface area contributed by atoms with Gasteiger partial charge in [0.25, 0.3) is 0 Å². The van der Waals surface area contributed by atoms with E-state index in [1.807, 2.05) is 0 Å². The molecule has 0 aliphatic rings. The van der Waals surface area contributed by atoms with Gasteiger partial charge in [-0.25, -0.2) is 19.3 Å². The highest BCUT2D eigenvalue weighted by molar-refractivity contribution is 9.09. The van der Waals surface area contributed by atoms with Crippen LogP contribution in [0, 0.1) is 0 Å². The predicted molar refractivity (Wildman–Crippen MR) is 128 cm³/mol. The number of aliphatic imine (C=N–C) groups is 1. The molecular weight excluding hydrogens is 482 g/mol. The number of carbonyl (C=O) groups excluding carboxylic acids is 3. The number of guanidine groups is 1.